The van der Waals surface area contributed by atoms with Gasteiger partial charge in [0.1, 0.15) is 11.8 Å². The van der Waals surface area contributed by atoms with E-state index >= 15 is 0 Å². The van der Waals surface area contributed by atoms with Gasteiger partial charge in [-0.25, -0.2) is 0 Å². The molecule has 0 unspecified atom stereocenters. The van der Waals surface area contributed by atoms with E-state index < -0.39 is 6.04 Å². The number of benzene rings is 1. The zero-order chi connectivity index (χ0) is 15.9. The third kappa shape index (κ3) is 4.23. The molecule has 0 bridgehead atoms. The Balaban J connectivity index is 1.96. The topological polar surface area (TPSA) is 58.6 Å². The maximum absolute atomic E-state index is 12.3. The second-order valence-corrected chi connectivity index (χ2v) is 5.52. The number of carbonyl (C=O) groups excluding carboxylic acids is 2. The van der Waals surface area contributed by atoms with Gasteiger partial charge in [-0.1, -0.05) is 6.42 Å². The van der Waals surface area contributed by atoms with Gasteiger partial charge in [-0.15, -0.1) is 0 Å². The van der Waals surface area contributed by atoms with Crippen LogP contribution >= 0.6 is 0 Å². The number of hydrogen-bond donors (Lipinski definition) is 1. The van der Waals surface area contributed by atoms with Crippen LogP contribution in [0.25, 0.3) is 0 Å². The summed E-state index contributed by atoms with van der Waals surface area (Å²) in [6, 6.07) is 6.80. The molecule has 5 nitrogen and oxygen atoms in total. The maximum Gasteiger partial charge on any atom is 0.246 e. The number of anilines is 1. The van der Waals surface area contributed by atoms with Crippen LogP contribution in [-0.2, 0) is 9.59 Å². The lowest BCUT2D eigenvalue weighted by Gasteiger charge is -2.27. The highest BCUT2D eigenvalue weighted by atomic mass is 16.5. The van der Waals surface area contributed by atoms with Crippen molar-refractivity contribution in [3.63, 3.8) is 0 Å². The molecule has 1 aliphatic heterocycles. The Morgan fingerprint density at radius 2 is 2.00 bits per heavy atom. The smallest absolute Gasteiger partial charge is 0.246 e. The van der Waals surface area contributed by atoms with Crippen LogP contribution in [0.1, 0.15) is 39.5 Å². The lowest BCUT2D eigenvalue weighted by Crippen LogP contribution is -2.45. The predicted molar refractivity (Wildman–Crippen MR) is 85.9 cm³/mol. The Hall–Kier alpha value is -2.04. The molecule has 0 aliphatic carbocycles. The molecule has 2 rings (SSSR count). The molecule has 1 aliphatic rings. The molecule has 120 valence electrons. The quantitative estimate of drug-likeness (QED) is 0.910. The van der Waals surface area contributed by atoms with E-state index in [0.717, 1.165) is 25.0 Å². The maximum atomic E-state index is 12.3. The van der Waals surface area contributed by atoms with Crippen LogP contribution in [0.3, 0.4) is 0 Å². The highest BCUT2D eigenvalue weighted by Gasteiger charge is 2.26. The van der Waals surface area contributed by atoms with Gasteiger partial charge < -0.3 is 15.0 Å². The number of nitrogens with one attached hydrogen (secondary N) is 1. The zero-order valence-electron chi connectivity index (χ0n) is 13.3. The van der Waals surface area contributed by atoms with Gasteiger partial charge >= 0.3 is 0 Å². The normalized spacial score (nSPS) is 16.8. The monoisotopic (exact) mass is 304 g/mol. The number of hydrogen-bond acceptors (Lipinski definition) is 3. The van der Waals surface area contributed by atoms with E-state index in [0.29, 0.717) is 25.3 Å². The second-order valence-electron chi connectivity index (χ2n) is 5.52. The Kier molecular flexibility index (Phi) is 5.81. The van der Waals surface area contributed by atoms with Gasteiger partial charge in [-0.05, 0) is 51.0 Å². The molecule has 1 saturated heterocycles. The van der Waals surface area contributed by atoms with Crippen LogP contribution in [0.5, 0.6) is 5.75 Å². The lowest BCUT2D eigenvalue weighted by atomic mass is 10.2. The van der Waals surface area contributed by atoms with Crippen molar-refractivity contribution in [3.8, 4) is 5.75 Å². The van der Waals surface area contributed by atoms with E-state index in [-0.39, 0.29) is 11.8 Å². The standard InChI is InChI=1S/C17H24N2O3/c1-3-22-15-10-8-14(9-11-15)18-17(21)13(2)19-12-6-4-5-7-16(19)20/h8-11,13H,3-7,12H2,1-2H3,(H,18,21)/t13-/m0/s1. The summed E-state index contributed by atoms with van der Waals surface area (Å²) < 4.78 is 5.37. The second kappa shape index (κ2) is 7.82. The predicted octanol–water partition coefficient (Wildman–Crippen LogP) is 2.81. The van der Waals surface area contributed by atoms with Gasteiger partial charge in [0, 0.05) is 18.7 Å². The highest BCUT2D eigenvalue weighted by Crippen LogP contribution is 2.18. The molecule has 22 heavy (non-hydrogen) atoms. The molecule has 1 aromatic rings. The van der Waals surface area contributed by atoms with Gasteiger partial charge in [0.05, 0.1) is 6.61 Å². The van der Waals surface area contributed by atoms with Crippen molar-refractivity contribution < 1.29 is 14.3 Å². The van der Waals surface area contributed by atoms with Crippen LogP contribution in [0, 0.1) is 0 Å². The number of amides is 2. The first-order chi connectivity index (χ1) is 10.6. The average Bonchev–Trinajstić information content (AvgIpc) is 2.73. The van der Waals surface area contributed by atoms with E-state index in [1.54, 1.807) is 24.0 Å². The Labute approximate surface area is 131 Å². The number of nitrogens with zero attached hydrogens (tertiary/aromatic N) is 1. The van der Waals surface area contributed by atoms with Crippen molar-refractivity contribution >= 4 is 17.5 Å². The molecule has 1 fully saturated rings. The van der Waals surface area contributed by atoms with Gasteiger partial charge in [0.25, 0.3) is 0 Å². The average molecular weight is 304 g/mol. The summed E-state index contributed by atoms with van der Waals surface area (Å²) in [6.45, 7) is 4.99. The van der Waals surface area contributed by atoms with Crippen LogP contribution in [0.4, 0.5) is 5.69 Å². The molecule has 1 heterocycles. The summed E-state index contributed by atoms with van der Waals surface area (Å²) in [4.78, 5) is 26.1. The van der Waals surface area contributed by atoms with Crippen LogP contribution < -0.4 is 10.1 Å². The first kappa shape index (κ1) is 16.3. The summed E-state index contributed by atoms with van der Waals surface area (Å²) in [5, 5.41) is 2.86. The largest absolute Gasteiger partial charge is 0.494 e. The molecule has 1 atom stereocenters. The molecule has 0 radical (unpaired) electrons. The summed E-state index contributed by atoms with van der Waals surface area (Å²) in [7, 11) is 0. The van der Waals surface area contributed by atoms with E-state index in [2.05, 4.69) is 5.32 Å². The first-order valence-corrected chi connectivity index (χ1v) is 7.95. The fraction of sp³-hybridized carbons (Fsp3) is 0.529. The van der Waals surface area contributed by atoms with Crippen LogP contribution in [-0.4, -0.2) is 35.9 Å². The van der Waals surface area contributed by atoms with Crippen LogP contribution in [0.15, 0.2) is 24.3 Å². The summed E-state index contributed by atoms with van der Waals surface area (Å²) in [6.07, 6.45) is 3.48. The van der Waals surface area contributed by atoms with Crippen molar-refractivity contribution in [1.82, 2.24) is 4.90 Å². The minimum Gasteiger partial charge on any atom is -0.494 e. The molecule has 2 amide bonds. The highest BCUT2D eigenvalue weighted by molar-refractivity contribution is 5.97. The molecule has 0 saturated carbocycles. The Morgan fingerprint density at radius 1 is 1.27 bits per heavy atom. The SMILES string of the molecule is CCOc1ccc(NC(=O)[C@H](C)N2CCCCCC2=O)cc1. The fourth-order valence-electron chi connectivity index (χ4n) is 2.60. The van der Waals surface area contributed by atoms with E-state index in [1.165, 1.54) is 0 Å². The summed E-state index contributed by atoms with van der Waals surface area (Å²) in [5.41, 5.74) is 0.711. The summed E-state index contributed by atoms with van der Waals surface area (Å²) >= 11 is 0. The van der Waals surface area contributed by atoms with Gasteiger partial charge in [0.2, 0.25) is 11.8 Å². The fourth-order valence-corrected chi connectivity index (χ4v) is 2.60. The van der Waals surface area contributed by atoms with Gasteiger partial charge in [-0.3, -0.25) is 9.59 Å². The van der Waals surface area contributed by atoms with Gasteiger partial charge in [0.15, 0.2) is 0 Å². The molecular weight excluding hydrogens is 280 g/mol. The lowest BCUT2D eigenvalue weighted by molar-refractivity contribution is -0.137. The van der Waals surface area contributed by atoms with Crippen molar-refractivity contribution in [2.75, 3.05) is 18.5 Å². The van der Waals surface area contributed by atoms with Crippen molar-refractivity contribution in [2.45, 2.75) is 45.6 Å². The minimum absolute atomic E-state index is 0.0758. The molecular formula is C17H24N2O3. The van der Waals surface area contributed by atoms with Crippen molar-refractivity contribution in [2.24, 2.45) is 0 Å². The molecule has 0 spiro atoms. The molecule has 1 N–H and O–H groups in total. The zero-order valence-corrected chi connectivity index (χ0v) is 13.3. The van der Waals surface area contributed by atoms with E-state index in [4.69, 9.17) is 4.74 Å². The van der Waals surface area contributed by atoms with E-state index in [9.17, 15) is 9.59 Å². The Bertz CT molecular complexity index is 513. The first-order valence-electron chi connectivity index (χ1n) is 7.95. The van der Waals surface area contributed by atoms with Crippen LogP contribution in [0.2, 0.25) is 0 Å². The third-order valence-electron chi connectivity index (χ3n) is 3.89. The third-order valence-corrected chi connectivity index (χ3v) is 3.89. The number of ether oxygens (including phenoxy) is 1. The van der Waals surface area contributed by atoms with Gasteiger partial charge in [-0.2, -0.15) is 0 Å². The van der Waals surface area contributed by atoms with Crippen molar-refractivity contribution in [1.29, 1.82) is 0 Å². The summed E-state index contributed by atoms with van der Waals surface area (Å²) in [5.74, 6) is 0.697. The van der Waals surface area contributed by atoms with E-state index in [1.807, 2.05) is 19.1 Å². The molecule has 1 aromatic carbocycles. The number of carbonyl (C=O) groups is 2. The minimum atomic E-state index is -0.447. The molecule has 0 aromatic heterocycles. The van der Waals surface area contributed by atoms with Crippen molar-refractivity contribution in [3.05, 3.63) is 24.3 Å². The Morgan fingerprint density at radius 3 is 2.68 bits per heavy atom. The number of rotatable bonds is 5. The number of likely N-dealkylation sites (tertiary alicyclic amines) is 1. The molecule has 5 heteroatoms.